The Labute approximate surface area is 104 Å². The molecule has 0 saturated heterocycles. The molecular formula is C14H11N3O. The highest BCUT2D eigenvalue weighted by Crippen LogP contribution is 2.31. The summed E-state index contributed by atoms with van der Waals surface area (Å²) in [6.07, 6.45) is 3.28. The van der Waals surface area contributed by atoms with Crippen LogP contribution in [0.15, 0.2) is 54.9 Å². The summed E-state index contributed by atoms with van der Waals surface area (Å²) in [5.74, 6) is 0.700. The molecule has 0 spiro atoms. The van der Waals surface area contributed by atoms with Crippen LogP contribution in [0.4, 0.5) is 5.69 Å². The average Bonchev–Trinajstić information content (AvgIpc) is 2.41. The number of aromatic nitrogens is 2. The van der Waals surface area contributed by atoms with Crippen LogP contribution >= 0.6 is 0 Å². The van der Waals surface area contributed by atoms with Gasteiger partial charge in [0.05, 0.1) is 0 Å². The Hall–Kier alpha value is -2.62. The van der Waals surface area contributed by atoms with Crippen molar-refractivity contribution in [1.29, 1.82) is 0 Å². The summed E-state index contributed by atoms with van der Waals surface area (Å²) in [5, 5.41) is 1.91. The topological polar surface area (TPSA) is 61.0 Å². The van der Waals surface area contributed by atoms with Crippen LogP contribution in [-0.2, 0) is 0 Å². The number of fused-ring (bicyclic) bond motifs is 1. The molecular weight excluding hydrogens is 226 g/mol. The summed E-state index contributed by atoms with van der Waals surface area (Å²) in [6, 6.07) is 13.5. The van der Waals surface area contributed by atoms with E-state index in [4.69, 9.17) is 10.5 Å². The first-order valence-corrected chi connectivity index (χ1v) is 5.57. The fourth-order valence-corrected chi connectivity index (χ4v) is 1.83. The molecule has 3 rings (SSSR count). The van der Waals surface area contributed by atoms with E-state index < -0.39 is 0 Å². The monoisotopic (exact) mass is 237 g/mol. The van der Waals surface area contributed by atoms with E-state index in [0.29, 0.717) is 11.8 Å². The van der Waals surface area contributed by atoms with Gasteiger partial charge in [-0.25, -0.2) is 9.97 Å². The van der Waals surface area contributed by atoms with Crippen LogP contribution in [0.3, 0.4) is 0 Å². The molecule has 1 heterocycles. The van der Waals surface area contributed by atoms with E-state index in [0.717, 1.165) is 16.5 Å². The normalized spacial score (nSPS) is 10.4. The molecule has 88 valence electrons. The van der Waals surface area contributed by atoms with Crippen molar-refractivity contribution in [3.8, 4) is 11.8 Å². The zero-order valence-corrected chi connectivity index (χ0v) is 9.58. The summed E-state index contributed by atoms with van der Waals surface area (Å²) in [7, 11) is 0. The Morgan fingerprint density at radius 1 is 0.833 bits per heavy atom. The number of nitrogens with zero attached hydrogens (tertiary/aromatic N) is 2. The molecule has 0 radical (unpaired) electrons. The minimum absolute atomic E-state index is 0.326. The predicted octanol–water partition coefficient (Wildman–Crippen LogP) is 3.00. The zero-order valence-electron chi connectivity index (χ0n) is 9.58. The van der Waals surface area contributed by atoms with E-state index >= 15 is 0 Å². The number of anilines is 1. The van der Waals surface area contributed by atoms with Gasteiger partial charge in [0.2, 0.25) is 0 Å². The number of hydrogen-bond donors (Lipinski definition) is 1. The molecule has 0 bridgehead atoms. The summed E-state index contributed by atoms with van der Waals surface area (Å²) in [6.45, 7) is 0. The van der Waals surface area contributed by atoms with Crippen molar-refractivity contribution in [2.75, 3.05) is 5.73 Å². The second-order valence-electron chi connectivity index (χ2n) is 3.83. The molecule has 1 aromatic heterocycles. The Morgan fingerprint density at radius 2 is 1.56 bits per heavy atom. The molecule has 4 nitrogen and oxygen atoms in total. The predicted molar refractivity (Wildman–Crippen MR) is 70.5 cm³/mol. The van der Waals surface area contributed by atoms with Gasteiger partial charge in [0, 0.05) is 28.9 Å². The van der Waals surface area contributed by atoms with Crippen LogP contribution in [-0.4, -0.2) is 9.97 Å². The van der Waals surface area contributed by atoms with Gasteiger partial charge >= 0.3 is 6.01 Å². The van der Waals surface area contributed by atoms with E-state index in [-0.39, 0.29) is 0 Å². The lowest BCUT2D eigenvalue weighted by molar-refractivity contribution is 0.446. The fraction of sp³-hybridized carbons (Fsp3) is 0. The molecule has 2 aromatic carbocycles. The maximum atomic E-state index is 5.93. The minimum Gasteiger partial charge on any atom is -0.424 e. The smallest absolute Gasteiger partial charge is 0.321 e. The van der Waals surface area contributed by atoms with Gasteiger partial charge in [-0.2, -0.15) is 0 Å². The Morgan fingerprint density at radius 3 is 2.39 bits per heavy atom. The summed E-state index contributed by atoms with van der Waals surface area (Å²) < 4.78 is 5.67. The van der Waals surface area contributed by atoms with Gasteiger partial charge in [0.25, 0.3) is 0 Å². The van der Waals surface area contributed by atoms with Gasteiger partial charge in [-0.3, -0.25) is 0 Å². The lowest BCUT2D eigenvalue weighted by atomic mass is 10.1. The number of hydrogen-bond acceptors (Lipinski definition) is 4. The molecule has 0 saturated carbocycles. The van der Waals surface area contributed by atoms with E-state index in [1.54, 1.807) is 18.5 Å². The third-order valence-corrected chi connectivity index (χ3v) is 2.66. The van der Waals surface area contributed by atoms with Gasteiger partial charge in [-0.1, -0.05) is 24.3 Å². The molecule has 0 fully saturated rings. The molecule has 0 atom stereocenters. The SMILES string of the molecule is Nc1cccc2c(Oc3ncccn3)cccc12. The third kappa shape index (κ3) is 1.84. The number of nitrogen functional groups attached to an aromatic ring is 1. The molecule has 0 aliphatic rings. The molecule has 0 amide bonds. The van der Waals surface area contributed by atoms with Crippen molar-refractivity contribution in [3.05, 3.63) is 54.9 Å². The number of rotatable bonds is 2. The Bertz CT molecular complexity index is 683. The van der Waals surface area contributed by atoms with E-state index in [1.807, 2.05) is 36.4 Å². The first kappa shape index (κ1) is 10.5. The van der Waals surface area contributed by atoms with Crippen LogP contribution in [0.1, 0.15) is 0 Å². The standard InChI is InChI=1S/C14H11N3O/c15-12-6-1-5-11-10(12)4-2-7-13(11)18-14-16-8-3-9-17-14/h1-9H,15H2. The maximum absolute atomic E-state index is 5.93. The third-order valence-electron chi connectivity index (χ3n) is 2.66. The summed E-state index contributed by atoms with van der Waals surface area (Å²) in [4.78, 5) is 8.08. The van der Waals surface area contributed by atoms with Gasteiger partial charge in [-0.05, 0) is 18.2 Å². The number of nitrogens with two attached hydrogens (primary N) is 1. The first-order valence-electron chi connectivity index (χ1n) is 5.57. The lowest BCUT2D eigenvalue weighted by Crippen LogP contribution is -1.92. The van der Waals surface area contributed by atoms with Crippen molar-refractivity contribution >= 4 is 16.5 Å². The van der Waals surface area contributed by atoms with Gasteiger partial charge < -0.3 is 10.5 Å². The highest BCUT2D eigenvalue weighted by molar-refractivity contribution is 5.96. The highest BCUT2D eigenvalue weighted by atomic mass is 16.5. The average molecular weight is 237 g/mol. The minimum atomic E-state index is 0.326. The molecule has 0 unspecified atom stereocenters. The molecule has 3 aromatic rings. The summed E-state index contributed by atoms with van der Waals surface area (Å²) >= 11 is 0. The first-order chi connectivity index (χ1) is 8.84. The van der Waals surface area contributed by atoms with E-state index in [1.165, 1.54) is 0 Å². The van der Waals surface area contributed by atoms with E-state index in [2.05, 4.69) is 9.97 Å². The van der Waals surface area contributed by atoms with Crippen molar-refractivity contribution < 1.29 is 4.74 Å². The molecule has 0 aliphatic heterocycles. The fourth-order valence-electron chi connectivity index (χ4n) is 1.83. The molecule has 18 heavy (non-hydrogen) atoms. The van der Waals surface area contributed by atoms with Crippen LogP contribution in [0.5, 0.6) is 11.8 Å². The van der Waals surface area contributed by atoms with Crippen molar-refractivity contribution in [1.82, 2.24) is 9.97 Å². The van der Waals surface area contributed by atoms with Crippen LogP contribution < -0.4 is 10.5 Å². The van der Waals surface area contributed by atoms with Crippen molar-refractivity contribution in [2.45, 2.75) is 0 Å². The quantitative estimate of drug-likeness (QED) is 0.696. The van der Waals surface area contributed by atoms with Crippen molar-refractivity contribution in [2.24, 2.45) is 0 Å². The van der Waals surface area contributed by atoms with E-state index in [9.17, 15) is 0 Å². The number of benzene rings is 2. The Balaban J connectivity index is 2.10. The Kier molecular flexibility index (Phi) is 2.53. The van der Waals surface area contributed by atoms with Gasteiger partial charge in [-0.15, -0.1) is 0 Å². The highest BCUT2D eigenvalue weighted by Gasteiger charge is 2.05. The maximum Gasteiger partial charge on any atom is 0.321 e. The van der Waals surface area contributed by atoms with Crippen LogP contribution in [0.25, 0.3) is 10.8 Å². The van der Waals surface area contributed by atoms with Crippen LogP contribution in [0, 0.1) is 0 Å². The molecule has 2 N–H and O–H groups in total. The van der Waals surface area contributed by atoms with Gasteiger partial charge in [0.1, 0.15) is 5.75 Å². The largest absolute Gasteiger partial charge is 0.424 e. The van der Waals surface area contributed by atoms with Crippen LogP contribution in [0.2, 0.25) is 0 Å². The lowest BCUT2D eigenvalue weighted by Gasteiger charge is -2.08. The number of ether oxygens (including phenoxy) is 1. The zero-order chi connectivity index (χ0) is 12.4. The summed E-state index contributed by atoms with van der Waals surface area (Å²) in [5.41, 5.74) is 6.66. The molecule has 4 heteroatoms. The second kappa shape index (κ2) is 4.33. The van der Waals surface area contributed by atoms with Crippen molar-refractivity contribution in [3.63, 3.8) is 0 Å². The molecule has 0 aliphatic carbocycles. The van der Waals surface area contributed by atoms with Gasteiger partial charge in [0.15, 0.2) is 0 Å². The second-order valence-corrected chi connectivity index (χ2v) is 3.83.